The van der Waals surface area contributed by atoms with Gasteiger partial charge in [-0.05, 0) is 49.6 Å². The molecule has 7 heteroatoms. The molecule has 7 nitrogen and oxygen atoms in total. The molecule has 31 heavy (non-hydrogen) atoms. The van der Waals surface area contributed by atoms with E-state index in [1.807, 2.05) is 42.6 Å². The SMILES string of the molecule is COc1cc2c(cc1OC)C(=NC(Cc1c[nH]c3ccccc13)C(=O)O)NC(C)(C)C2. The molecule has 0 fully saturated rings. The quantitative estimate of drug-likeness (QED) is 0.566. The highest BCUT2D eigenvalue weighted by Gasteiger charge is 2.31. The van der Waals surface area contributed by atoms with Gasteiger partial charge in [0.05, 0.1) is 14.2 Å². The molecule has 0 amide bonds. The van der Waals surface area contributed by atoms with Crippen molar-refractivity contribution in [2.45, 2.75) is 38.3 Å². The first-order chi connectivity index (χ1) is 14.8. The molecule has 3 N–H and O–H groups in total. The maximum atomic E-state index is 12.1. The molecular formula is C24H27N3O4. The average Bonchev–Trinajstić information content (AvgIpc) is 3.14. The van der Waals surface area contributed by atoms with Crippen LogP contribution in [0.4, 0.5) is 0 Å². The first-order valence-electron chi connectivity index (χ1n) is 10.2. The summed E-state index contributed by atoms with van der Waals surface area (Å²) in [5.41, 5.74) is 3.50. The number of H-pyrrole nitrogens is 1. The van der Waals surface area contributed by atoms with Crippen LogP contribution in [0.2, 0.25) is 0 Å². The summed E-state index contributed by atoms with van der Waals surface area (Å²) >= 11 is 0. The van der Waals surface area contributed by atoms with Crippen molar-refractivity contribution < 1.29 is 19.4 Å². The van der Waals surface area contributed by atoms with Crippen molar-refractivity contribution >= 4 is 22.7 Å². The maximum absolute atomic E-state index is 12.1. The number of aromatic nitrogens is 1. The summed E-state index contributed by atoms with van der Waals surface area (Å²) in [4.78, 5) is 20.0. The summed E-state index contributed by atoms with van der Waals surface area (Å²) in [5, 5.41) is 14.4. The summed E-state index contributed by atoms with van der Waals surface area (Å²) in [6, 6.07) is 10.7. The molecule has 0 bridgehead atoms. The molecular weight excluding hydrogens is 394 g/mol. The number of fused-ring (bicyclic) bond motifs is 2. The molecule has 0 saturated carbocycles. The lowest BCUT2D eigenvalue weighted by Crippen LogP contribution is -2.50. The fourth-order valence-corrected chi connectivity index (χ4v) is 4.15. The summed E-state index contributed by atoms with van der Waals surface area (Å²) in [5.74, 6) is 0.815. The van der Waals surface area contributed by atoms with Gasteiger partial charge in [-0.25, -0.2) is 4.79 Å². The van der Waals surface area contributed by atoms with Gasteiger partial charge >= 0.3 is 5.97 Å². The summed E-state index contributed by atoms with van der Waals surface area (Å²) < 4.78 is 10.9. The predicted octanol–water partition coefficient (Wildman–Crippen LogP) is 3.55. The minimum absolute atomic E-state index is 0.282. The lowest BCUT2D eigenvalue weighted by atomic mass is 9.86. The number of benzene rings is 2. The standard InChI is InChI=1S/C24H27N3O4/c1-24(2)12-14-10-20(30-3)21(31-4)11-17(14)22(27-24)26-19(23(28)29)9-15-13-25-18-8-6-5-7-16(15)18/h5-8,10-11,13,19,25H,9,12H2,1-4H3,(H,26,27)(H,28,29). The minimum Gasteiger partial charge on any atom is -0.493 e. The Morgan fingerprint density at radius 3 is 2.61 bits per heavy atom. The Bertz CT molecular complexity index is 1160. The second-order valence-corrected chi connectivity index (χ2v) is 8.45. The van der Waals surface area contributed by atoms with E-state index in [4.69, 9.17) is 9.47 Å². The van der Waals surface area contributed by atoms with Crippen LogP contribution in [0.15, 0.2) is 47.6 Å². The zero-order valence-electron chi connectivity index (χ0n) is 18.2. The first-order valence-corrected chi connectivity index (χ1v) is 10.2. The fraction of sp³-hybridized carbons (Fsp3) is 0.333. The third-order valence-corrected chi connectivity index (χ3v) is 5.61. The van der Waals surface area contributed by atoms with Crippen LogP contribution in [0, 0.1) is 0 Å². The normalized spacial score (nSPS) is 17.1. The summed E-state index contributed by atoms with van der Waals surface area (Å²) in [6.07, 6.45) is 2.90. The van der Waals surface area contributed by atoms with E-state index in [1.54, 1.807) is 14.2 Å². The van der Waals surface area contributed by atoms with Crippen molar-refractivity contribution in [2.24, 2.45) is 4.99 Å². The Labute approximate surface area is 181 Å². The van der Waals surface area contributed by atoms with Crippen molar-refractivity contribution in [1.29, 1.82) is 0 Å². The van der Waals surface area contributed by atoms with Crippen LogP contribution < -0.4 is 14.8 Å². The molecule has 0 aliphatic carbocycles. The number of amidine groups is 1. The number of para-hydroxylation sites is 1. The van der Waals surface area contributed by atoms with Crippen LogP contribution in [0.3, 0.4) is 0 Å². The lowest BCUT2D eigenvalue weighted by Gasteiger charge is -2.35. The number of aliphatic carboxylic acids is 1. The molecule has 1 aliphatic rings. The Morgan fingerprint density at radius 2 is 1.90 bits per heavy atom. The molecule has 1 aromatic heterocycles. The molecule has 1 aliphatic heterocycles. The molecule has 0 spiro atoms. The van der Waals surface area contributed by atoms with Crippen molar-refractivity contribution in [2.75, 3.05) is 14.2 Å². The largest absolute Gasteiger partial charge is 0.493 e. The highest BCUT2D eigenvalue weighted by atomic mass is 16.5. The van der Waals surface area contributed by atoms with Gasteiger partial charge in [-0.2, -0.15) is 0 Å². The number of nitrogens with one attached hydrogen (secondary N) is 2. The molecule has 0 saturated heterocycles. The summed E-state index contributed by atoms with van der Waals surface area (Å²) in [6.45, 7) is 4.13. The highest BCUT2D eigenvalue weighted by Crippen LogP contribution is 2.35. The van der Waals surface area contributed by atoms with Crippen LogP contribution >= 0.6 is 0 Å². The van der Waals surface area contributed by atoms with Crippen molar-refractivity contribution in [3.63, 3.8) is 0 Å². The van der Waals surface area contributed by atoms with Crippen LogP contribution in [-0.4, -0.2) is 47.7 Å². The number of carboxylic acid groups (broad SMARTS) is 1. The van der Waals surface area contributed by atoms with Gasteiger partial charge in [0, 0.05) is 34.6 Å². The predicted molar refractivity (Wildman–Crippen MR) is 120 cm³/mol. The van der Waals surface area contributed by atoms with Crippen molar-refractivity contribution in [3.8, 4) is 11.5 Å². The van der Waals surface area contributed by atoms with Gasteiger partial charge < -0.3 is 24.9 Å². The van der Waals surface area contributed by atoms with Gasteiger partial charge in [-0.15, -0.1) is 0 Å². The zero-order chi connectivity index (χ0) is 22.2. The molecule has 2 aromatic carbocycles. The van der Waals surface area contributed by atoms with Crippen molar-refractivity contribution in [3.05, 3.63) is 59.3 Å². The third kappa shape index (κ3) is 4.08. The number of ether oxygens (including phenoxy) is 2. The lowest BCUT2D eigenvalue weighted by molar-refractivity contribution is -0.138. The monoisotopic (exact) mass is 421 g/mol. The van der Waals surface area contributed by atoms with Crippen LogP contribution in [-0.2, 0) is 17.6 Å². The maximum Gasteiger partial charge on any atom is 0.328 e. The number of hydrogen-bond acceptors (Lipinski definition) is 4. The van der Waals surface area contributed by atoms with Gasteiger partial charge in [0.2, 0.25) is 0 Å². The number of aromatic amines is 1. The third-order valence-electron chi connectivity index (χ3n) is 5.61. The fourth-order valence-electron chi connectivity index (χ4n) is 4.15. The Balaban J connectivity index is 1.77. The van der Waals surface area contributed by atoms with E-state index < -0.39 is 12.0 Å². The second-order valence-electron chi connectivity index (χ2n) is 8.45. The Hall–Kier alpha value is -3.48. The topological polar surface area (TPSA) is 95.9 Å². The van der Waals surface area contributed by atoms with Crippen LogP contribution in [0.25, 0.3) is 10.9 Å². The number of hydrogen-bond donors (Lipinski definition) is 3. The van der Waals surface area contributed by atoms with E-state index in [0.717, 1.165) is 34.0 Å². The van der Waals surface area contributed by atoms with Crippen LogP contribution in [0.5, 0.6) is 11.5 Å². The molecule has 2 heterocycles. The number of carbonyl (C=O) groups is 1. The smallest absolute Gasteiger partial charge is 0.328 e. The minimum atomic E-state index is -0.968. The number of nitrogens with zero attached hydrogens (tertiary/aromatic N) is 1. The zero-order valence-corrected chi connectivity index (χ0v) is 18.2. The van der Waals surface area contributed by atoms with E-state index >= 15 is 0 Å². The Morgan fingerprint density at radius 1 is 1.19 bits per heavy atom. The summed E-state index contributed by atoms with van der Waals surface area (Å²) in [7, 11) is 3.19. The number of methoxy groups -OCH3 is 2. The van der Waals surface area contributed by atoms with Gasteiger partial charge in [-0.1, -0.05) is 18.2 Å². The molecule has 1 unspecified atom stereocenters. The molecule has 4 rings (SSSR count). The Kier molecular flexibility index (Phi) is 5.35. The molecule has 3 aromatic rings. The van der Waals surface area contributed by atoms with E-state index in [2.05, 4.69) is 29.1 Å². The molecule has 162 valence electrons. The van der Waals surface area contributed by atoms with Gasteiger partial charge in [0.15, 0.2) is 17.5 Å². The number of rotatable bonds is 6. The van der Waals surface area contributed by atoms with Crippen molar-refractivity contribution in [1.82, 2.24) is 10.3 Å². The average molecular weight is 421 g/mol. The number of carboxylic acids is 1. The van der Waals surface area contributed by atoms with E-state index in [9.17, 15) is 9.90 Å². The highest BCUT2D eigenvalue weighted by molar-refractivity contribution is 6.03. The van der Waals surface area contributed by atoms with Crippen LogP contribution in [0.1, 0.15) is 30.5 Å². The van der Waals surface area contributed by atoms with Gasteiger partial charge in [-0.3, -0.25) is 4.99 Å². The molecule has 0 radical (unpaired) electrons. The first kappa shape index (κ1) is 20.8. The van der Waals surface area contributed by atoms with E-state index in [1.165, 1.54) is 0 Å². The number of aliphatic imine (C=N–C) groups is 1. The second kappa shape index (κ2) is 7.98. The van der Waals surface area contributed by atoms with Gasteiger partial charge in [0.25, 0.3) is 0 Å². The molecule has 1 atom stereocenters. The van der Waals surface area contributed by atoms with E-state index in [0.29, 0.717) is 17.3 Å². The van der Waals surface area contributed by atoms with E-state index in [-0.39, 0.29) is 12.0 Å². The van der Waals surface area contributed by atoms with Gasteiger partial charge in [0.1, 0.15) is 5.84 Å².